The van der Waals surface area contributed by atoms with Crippen molar-refractivity contribution in [2.45, 2.75) is 0 Å². The number of amides is 1. The number of aromatic nitrogens is 2. The maximum Gasteiger partial charge on any atom is 0.260 e. The average molecular weight is 344 g/mol. The summed E-state index contributed by atoms with van der Waals surface area (Å²) in [5.41, 5.74) is 0.398. The Hall–Kier alpha value is -2.87. The molecule has 0 atom stereocenters. The molecule has 1 N–H and O–H groups in total. The van der Waals surface area contributed by atoms with E-state index in [2.05, 4.69) is 20.2 Å². The number of nitrogens with zero attached hydrogens (tertiary/aromatic N) is 3. The molecule has 1 amide bonds. The van der Waals surface area contributed by atoms with E-state index in [1.54, 1.807) is 31.4 Å². The van der Waals surface area contributed by atoms with E-state index in [9.17, 15) is 4.79 Å². The largest absolute Gasteiger partial charge is 0.497 e. The number of morpholine rings is 1. The van der Waals surface area contributed by atoms with Crippen molar-refractivity contribution in [2.75, 3.05) is 50.7 Å². The van der Waals surface area contributed by atoms with Crippen LogP contribution in [0.4, 0.5) is 11.6 Å². The van der Waals surface area contributed by atoms with Crippen LogP contribution in [0.5, 0.6) is 11.5 Å². The Morgan fingerprint density at radius 1 is 1.16 bits per heavy atom. The zero-order valence-corrected chi connectivity index (χ0v) is 14.2. The van der Waals surface area contributed by atoms with Crippen LogP contribution >= 0.6 is 0 Å². The summed E-state index contributed by atoms with van der Waals surface area (Å²) in [7, 11) is 3.06. The summed E-state index contributed by atoms with van der Waals surface area (Å²) < 4.78 is 15.8. The van der Waals surface area contributed by atoms with Crippen LogP contribution in [0.2, 0.25) is 0 Å². The maximum atomic E-state index is 12.6. The number of anilines is 2. The lowest BCUT2D eigenvalue weighted by atomic mass is 10.1. The van der Waals surface area contributed by atoms with Gasteiger partial charge in [0.2, 0.25) is 0 Å². The molecule has 0 bridgehead atoms. The standard InChI is InChI=1S/C17H20N4O4/c1-23-12-3-4-13(14(9-12)24-2)17(22)20-15-10-16(19-11-18-15)21-5-7-25-8-6-21/h3-4,9-11H,5-8H2,1-2H3,(H,18,19,20,22). The first kappa shape index (κ1) is 17.0. The third-order valence-corrected chi connectivity index (χ3v) is 3.88. The predicted molar refractivity (Wildman–Crippen MR) is 92.6 cm³/mol. The Morgan fingerprint density at radius 3 is 2.68 bits per heavy atom. The molecule has 2 aromatic rings. The monoisotopic (exact) mass is 344 g/mol. The molecule has 25 heavy (non-hydrogen) atoms. The summed E-state index contributed by atoms with van der Waals surface area (Å²) in [5, 5.41) is 2.78. The van der Waals surface area contributed by atoms with Crippen molar-refractivity contribution in [2.24, 2.45) is 0 Å². The van der Waals surface area contributed by atoms with Crippen molar-refractivity contribution in [3.63, 3.8) is 0 Å². The molecule has 1 fully saturated rings. The van der Waals surface area contributed by atoms with Gasteiger partial charge < -0.3 is 24.4 Å². The second-order valence-electron chi connectivity index (χ2n) is 5.38. The van der Waals surface area contributed by atoms with Crippen molar-refractivity contribution in [1.82, 2.24) is 9.97 Å². The number of hydrogen-bond acceptors (Lipinski definition) is 7. The van der Waals surface area contributed by atoms with Crippen LogP contribution in [0.25, 0.3) is 0 Å². The lowest BCUT2D eigenvalue weighted by Crippen LogP contribution is -2.36. The van der Waals surface area contributed by atoms with Gasteiger partial charge in [0, 0.05) is 25.2 Å². The molecule has 1 aromatic carbocycles. The van der Waals surface area contributed by atoms with Gasteiger partial charge in [-0.2, -0.15) is 0 Å². The first-order valence-corrected chi connectivity index (χ1v) is 7.89. The highest BCUT2D eigenvalue weighted by Gasteiger charge is 2.16. The first-order valence-electron chi connectivity index (χ1n) is 7.89. The Balaban J connectivity index is 1.77. The molecular formula is C17H20N4O4. The number of rotatable bonds is 5. The van der Waals surface area contributed by atoms with Crippen molar-refractivity contribution in [3.8, 4) is 11.5 Å². The first-order chi connectivity index (χ1) is 12.2. The van der Waals surface area contributed by atoms with Crippen LogP contribution in [-0.2, 0) is 4.74 Å². The van der Waals surface area contributed by atoms with E-state index >= 15 is 0 Å². The van der Waals surface area contributed by atoms with E-state index in [-0.39, 0.29) is 5.91 Å². The van der Waals surface area contributed by atoms with Crippen molar-refractivity contribution in [3.05, 3.63) is 36.2 Å². The van der Waals surface area contributed by atoms with E-state index in [0.29, 0.717) is 36.1 Å². The second kappa shape index (κ2) is 7.80. The topological polar surface area (TPSA) is 85.8 Å². The summed E-state index contributed by atoms with van der Waals surface area (Å²) in [6.07, 6.45) is 1.44. The molecule has 1 aromatic heterocycles. The highest BCUT2D eigenvalue weighted by atomic mass is 16.5. The van der Waals surface area contributed by atoms with Gasteiger partial charge >= 0.3 is 0 Å². The van der Waals surface area contributed by atoms with Gasteiger partial charge in [0.15, 0.2) is 0 Å². The van der Waals surface area contributed by atoms with E-state index in [4.69, 9.17) is 14.2 Å². The van der Waals surface area contributed by atoms with Crippen molar-refractivity contribution >= 4 is 17.5 Å². The number of methoxy groups -OCH3 is 2. The van der Waals surface area contributed by atoms with Gasteiger partial charge in [-0.3, -0.25) is 4.79 Å². The average Bonchev–Trinajstić information content (AvgIpc) is 2.68. The minimum absolute atomic E-state index is 0.314. The van der Waals surface area contributed by atoms with E-state index in [1.165, 1.54) is 13.4 Å². The molecule has 0 radical (unpaired) electrons. The van der Waals surface area contributed by atoms with Gasteiger partial charge in [-0.25, -0.2) is 9.97 Å². The molecule has 3 rings (SSSR count). The highest BCUT2D eigenvalue weighted by molar-refractivity contribution is 6.06. The van der Waals surface area contributed by atoms with E-state index < -0.39 is 0 Å². The van der Waals surface area contributed by atoms with E-state index in [0.717, 1.165) is 18.9 Å². The van der Waals surface area contributed by atoms with Crippen LogP contribution in [0.15, 0.2) is 30.6 Å². The summed E-state index contributed by atoms with van der Waals surface area (Å²) in [6, 6.07) is 6.76. The van der Waals surface area contributed by atoms with Gasteiger partial charge in [-0.05, 0) is 12.1 Å². The highest BCUT2D eigenvalue weighted by Crippen LogP contribution is 2.25. The zero-order valence-electron chi connectivity index (χ0n) is 14.2. The lowest BCUT2D eigenvalue weighted by Gasteiger charge is -2.27. The SMILES string of the molecule is COc1ccc(C(=O)Nc2cc(N3CCOCC3)ncn2)c(OC)c1. The molecule has 1 aliphatic rings. The predicted octanol–water partition coefficient (Wildman–Crippen LogP) is 1.58. The molecule has 2 heterocycles. The minimum atomic E-state index is -0.314. The van der Waals surface area contributed by atoms with Gasteiger partial charge in [0.25, 0.3) is 5.91 Å². The lowest BCUT2D eigenvalue weighted by molar-refractivity contribution is 0.102. The fourth-order valence-electron chi connectivity index (χ4n) is 2.55. The molecule has 1 saturated heterocycles. The van der Waals surface area contributed by atoms with Crippen LogP contribution in [0.3, 0.4) is 0 Å². The molecule has 1 aliphatic heterocycles. The number of ether oxygens (including phenoxy) is 3. The summed E-state index contributed by atoms with van der Waals surface area (Å²) >= 11 is 0. The molecule has 132 valence electrons. The summed E-state index contributed by atoms with van der Waals surface area (Å²) in [4.78, 5) is 23.0. The molecular weight excluding hydrogens is 324 g/mol. The fraction of sp³-hybridized carbons (Fsp3) is 0.353. The summed E-state index contributed by atoms with van der Waals surface area (Å²) in [5.74, 6) is 1.92. The Bertz CT molecular complexity index is 747. The third kappa shape index (κ3) is 3.97. The third-order valence-electron chi connectivity index (χ3n) is 3.88. The van der Waals surface area contributed by atoms with Crippen LogP contribution < -0.4 is 19.7 Å². The molecule has 0 saturated carbocycles. The molecule has 0 aliphatic carbocycles. The smallest absolute Gasteiger partial charge is 0.260 e. The Kier molecular flexibility index (Phi) is 5.30. The number of nitrogens with one attached hydrogen (secondary N) is 1. The summed E-state index contributed by atoms with van der Waals surface area (Å²) in [6.45, 7) is 2.84. The van der Waals surface area contributed by atoms with Crippen LogP contribution in [0, 0.1) is 0 Å². The number of carbonyl (C=O) groups is 1. The van der Waals surface area contributed by atoms with Gasteiger partial charge in [-0.15, -0.1) is 0 Å². The molecule has 0 unspecified atom stereocenters. The number of benzene rings is 1. The van der Waals surface area contributed by atoms with Crippen molar-refractivity contribution < 1.29 is 19.0 Å². The quantitative estimate of drug-likeness (QED) is 0.881. The number of hydrogen-bond donors (Lipinski definition) is 1. The molecule has 8 nitrogen and oxygen atoms in total. The number of carbonyl (C=O) groups excluding carboxylic acids is 1. The van der Waals surface area contributed by atoms with Crippen molar-refractivity contribution in [1.29, 1.82) is 0 Å². The van der Waals surface area contributed by atoms with E-state index in [1.807, 2.05) is 0 Å². The van der Waals surface area contributed by atoms with Gasteiger partial charge in [0.05, 0.1) is 33.0 Å². The maximum absolute atomic E-state index is 12.6. The molecule has 8 heteroatoms. The zero-order chi connectivity index (χ0) is 17.6. The second-order valence-corrected chi connectivity index (χ2v) is 5.38. The normalized spacial score (nSPS) is 14.1. The Labute approximate surface area is 145 Å². The minimum Gasteiger partial charge on any atom is -0.497 e. The van der Waals surface area contributed by atoms with Crippen LogP contribution in [-0.4, -0.2) is 56.4 Å². The molecule has 0 spiro atoms. The van der Waals surface area contributed by atoms with Gasteiger partial charge in [-0.1, -0.05) is 0 Å². The van der Waals surface area contributed by atoms with Gasteiger partial charge in [0.1, 0.15) is 29.5 Å². The fourth-order valence-corrected chi connectivity index (χ4v) is 2.55. The van der Waals surface area contributed by atoms with Crippen LogP contribution in [0.1, 0.15) is 10.4 Å². The Morgan fingerprint density at radius 2 is 1.96 bits per heavy atom.